The molecule has 0 aliphatic rings. The zero-order valence-corrected chi connectivity index (χ0v) is 10.5. The van der Waals surface area contributed by atoms with Gasteiger partial charge in [0.1, 0.15) is 4.92 Å². The molecule has 21 heavy (non-hydrogen) atoms. The molecule has 0 atom stereocenters. The van der Waals surface area contributed by atoms with Gasteiger partial charge < -0.3 is 9.40 Å². The van der Waals surface area contributed by atoms with Crippen LogP contribution in [0.15, 0.2) is 40.9 Å². The van der Waals surface area contributed by atoms with Gasteiger partial charge in [-0.3, -0.25) is 14.9 Å². The molecule has 0 spiro atoms. The quantitative estimate of drug-likeness (QED) is 0.450. The average molecular weight is 281 g/mol. The summed E-state index contributed by atoms with van der Waals surface area (Å²) in [6, 6.07) is 9.40. The van der Waals surface area contributed by atoms with Gasteiger partial charge in [0.25, 0.3) is 0 Å². The van der Waals surface area contributed by atoms with Crippen molar-refractivity contribution in [1.29, 1.82) is 5.26 Å². The number of rotatable bonds is 3. The zero-order chi connectivity index (χ0) is 15.0. The van der Waals surface area contributed by atoms with Crippen molar-refractivity contribution in [3.8, 4) is 6.07 Å². The number of aromatic nitrogens is 1. The summed E-state index contributed by atoms with van der Waals surface area (Å²) in [4.78, 5) is 25.1. The van der Waals surface area contributed by atoms with Gasteiger partial charge in [0.2, 0.25) is 5.78 Å². The van der Waals surface area contributed by atoms with Gasteiger partial charge in [0.05, 0.1) is 23.3 Å². The molecule has 2 aromatic heterocycles. The highest BCUT2D eigenvalue weighted by Crippen LogP contribution is 2.26. The van der Waals surface area contributed by atoms with E-state index in [1.807, 2.05) is 6.07 Å². The summed E-state index contributed by atoms with van der Waals surface area (Å²) in [5, 5.41) is 20.2. The molecule has 7 heteroatoms. The molecule has 3 rings (SSSR count). The summed E-state index contributed by atoms with van der Waals surface area (Å²) in [7, 11) is 0. The van der Waals surface area contributed by atoms with E-state index in [1.165, 1.54) is 12.3 Å². The van der Waals surface area contributed by atoms with Crippen LogP contribution in [0.4, 0.5) is 5.88 Å². The lowest BCUT2D eigenvalue weighted by Gasteiger charge is -1.97. The SMILES string of the molecule is N#Cc1cccc2[nH]cc(C(=O)c3ccc([N+](=O)[O-])o3)c12. The van der Waals surface area contributed by atoms with E-state index in [-0.39, 0.29) is 11.3 Å². The highest BCUT2D eigenvalue weighted by atomic mass is 16.6. The third-order valence-corrected chi connectivity index (χ3v) is 3.07. The number of aromatic amines is 1. The lowest BCUT2D eigenvalue weighted by molar-refractivity contribution is -0.402. The highest BCUT2D eigenvalue weighted by Gasteiger charge is 2.22. The van der Waals surface area contributed by atoms with Gasteiger partial charge in [-0.25, -0.2) is 0 Å². The van der Waals surface area contributed by atoms with Crippen LogP contribution in [0.5, 0.6) is 0 Å². The van der Waals surface area contributed by atoms with Gasteiger partial charge in [0.15, 0.2) is 5.76 Å². The van der Waals surface area contributed by atoms with Gasteiger partial charge in [-0.15, -0.1) is 0 Å². The number of nitrogens with zero attached hydrogens (tertiary/aromatic N) is 2. The van der Waals surface area contributed by atoms with Gasteiger partial charge >= 0.3 is 5.88 Å². The van der Waals surface area contributed by atoms with Gasteiger partial charge in [-0.1, -0.05) is 6.07 Å². The van der Waals surface area contributed by atoms with Crippen molar-refractivity contribution in [3.05, 3.63) is 63.5 Å². The third kappa shape index (κ3) is 1.95. The molecule has 0 saturated heterocycles. The number of furan rings is 1. The molecule has 0 saturated carbocycles. The molecule has 0 unspecified atom stereocenters. The third-order valence-electron chi connectivity index (χ3n) is 3.07. The van der Waals surface area contributed by atoms with Crippen LogP contribution in [0.3, 0.4) is 0 Å². The predicted octanol–water partition coefficient (Wildman–Crippen LogP) is 2.77. The van der Waals surface area contributed by atoms with Crippen molar-refractivity contribution in [1.82, 2.24) is 4.98 Å². The molecule has 1 aromatic carbocycles. The fraction of sp³-hybridized carbons (Fsp3) is 0. The number of ketones is 1. The van der Waals surface area contributed by atoms with Gasteiger partial charge in [-0.05, 0) is 18.2 Å². The van der Waals surface area contributed by atoms with E-state index in [0.29, 0.717) is 16.5 Å². The number of hydrogen-bond acceptors (Lipinski definition) is 5. The summed E-state index contributed by atoms with van der Waals surface area (Å²) in [6.07, 6.45) is 1.46. The van der Waals surface area contributed by atoms with E-state index >= 15 is 0 Å². The Balaban J connectivity index is 2.14. The molecule has 0 bridgehead atoms. The second-order valence-electron chi connectivity index (χ2n) is 4.27. The van der Waals surface area contributed by atoms with E-state index in [1.54, 1.807) is 18.2 Å². The van der Waals surface area contributed by atoms with Gasteiger partial charge in [-0.2, -0.15) is 5.26 Å². The van der Waals surface area contributed by atoms with E-state index in [4.69, 9.17) is 9.68 Å². The van der Waals surface area contributed by atoms with Crippen LogP contribution in [0.25, 0.3) is 10.9 Å². The number of nitro groups is 1. The van der Waals surface area contributed by atoms with E-state index < -0.39 is 16.6 Å². The number of carbonyl (C=O) groups excluding carboxylic acids is 1. The average Bonchev–Trinajstić information content (AvgIpc) is 3.13. The second-order valence-corrected chi connectivity index (χ2v) is 4.27. The number of hydrogen-bond donors (Lipinski definition) is 1. The number of nitrogens with one attached hydrogen (secondary N) is 1. The van der Waals surface area contributed by atoms with Crippen LogP contribution < -0.4 is 0 Å². The van der Waals surface area contributed by atoms with Crippen LogP contribution in [0.2, 0.25) is 0 Å². The Labute approximate surface area is 117 Å². The first-order valence-corrected chi connectivity index (χ1v) is 5.91. The van der Waals surface area contributed by atoms with E-state index in [2.05, 4.69) is 4.98 Å². The summed E-state index contributed by atoms with van der Waals surface area (Å²) < 4.78 is 4.91. The number of nitriles is 1. The topological polar surface area (TPSA) is 113 Å². The maximum atomic E-state index is 12.4. The van der Waals surface area contributed by atoms with Crippen molar-refractivity contribution in [3.63, 3.8) is 0 Å². The summed E-state index contributed by atoms with van der Waals surface area (Å²) in [5.41, 5.74) is 1.23. The molecule has 7 nitrogen and oxygen atoms in total. The molecule has 0 radical (unpaired) electrons. The largest absolute Gasteiger partial charge is 0.433 e. The van der Waals surface area contributed by atoms with E-state index in [9.17, 15) is 14.9 Å². The maximum absolute atomic E-state index is 12.4. The van der Waals surface area contributed by atoms with Crippen molar-refractivity contribution in [2.45, 2.75) is 0 Å². The first-order chi connectivity index (χ1) is 10.1. The molecule has 0 fully saturated rings. The molecule has 1 N–H and O–H groups in total. The number of carbonyl (C=O) groups is 1. The minimum Gasteiger partial charge on any atom is -0.397 e. The van der Waals surface area contributed by atoms with Crippen LogP contribution in [-0.4, -0.2) is 15.7 Å². The lowest BCUT2D eigenvalue weighted by atomic mass is 10.0. The number of fused-ring (bicyclic) bond motifs is 1. The standard InChI is InChI=1S/C14H7N3O4/c15-6-8-2-1-3-10-13(8)9(7-16-10)14(18)11-4-5-12(21-11)17(19)20/h1-5,7,16H. The first kappa shape index (κ1) is 12.6. The molecule has 0 aliphatic carbocycles. The number of benzene rings is 1. The van der Waals surface area contributed by atoms with Crippen molar-refractivity contribution in [2.75, 3.05) is 0 Å². The molecular formula is C14H7N3O4. The Morgan fingerprint density at radius 3 is 2.81 bits per heavy atom. The normalized spacial score (nSPS) is 10.4. The molecule has 0 amide bonds. The smallest absolute Gasteiger partial charge is 0.397 e. The molecule has 102 valence electrons. The van der Waals surface area contributed by atoms with Crippen molar-refractivity contribution >= 4 is 22.6 Å². The number of H-pyrrole nitrogens is 1. The van der Waals surface area contributed by atoms with Crippen molar-refractivity contribution < 1.29 is 14.1 Å². The fourth-order valence-electron chi connectivity index (χ4n) is 2.14. The Kier molecular flexibility index (Phi) is 2.77. The Morgan fingerprint density at radius 1 is 1.33 bits per heavy atom. The fourth-order valence-corrected chi connectivity index (χ4v) is 2.14. The van der Waals surface area contributed by atoms with Gasteiger partial charge in [0, 0.05) is 17.1 Å². The van der Waals surface area contributed by atoms with Crippen LogP contribution >= 0.6 is 0 Å². The van der Waals surface area contributed by atoms with Crippen LogP contribution in [0.1, 0.15) is 21.7 Å². The molecule has 0 aliphatic heterocycles. The predicted molar refractivity (Wildman–Crippen MR) is 71.8 cm³/mol. The first-order valence-electron chi connectivity index (χ1n) is 5.91. The summed E-state index contributed by atoms with van der Waals surface area (Å²) >= 11 is 0. The Morgan fingerprint density at radius 2 is 2.14 bits per heavy atom. The summed E-state index contributed by atoms with van der Waals surface area (Å²) in [5.74, 6) is -1.16. The zero-order valence-electron chi connectivity index (χ0n) is 10.5. The summed E-state index contributed by atoms with van der Waals surface area (Å²) in [6.45, 7) is 0. The van der Waals surface area contributed by atoms with Crippen molar-refractivity contribution in [2.24, 2.45) is 0 Å². The second kappa shape index (κ2) is 4.61. The van der Waals surface area contributed by atoms with E-state index in [0.717, 1.165) is 6.07 Å². The maximum Gasteiger partial charge on any atom is 0.433 e. The highest BCUT2D eigenvalue weighted by molar-refractivity contribution is 6.16. The van der Waals surface area contributed by atoms with Crippen LogP contribution in [0, 0.1) is 21.4 Å². The van der Waals surface area contributed by atoms with Crippen LogP contribution in [-0.2, 0) is 0 Å². The monoisotopic (exact) mass is 281 g/mol. The lowest BCUT2D eigenvalue weighted by Crippen LogP contribution is -1.99. The molecule has 3 aromatic rings. The molecule has 2 heterocycles. The minimum atomic E-state index is -0.716. The Hall–Kier alpha value is -3.40. The Bertz CT molecular complexity index is 914. The minimum absolute atomic E-state index is 0.143. The molecular weight excluding hydrogens is 274 g/mol.